The molecule has 0 atom stereocenters. The van der Waals surface area contributed by atoms with E-state index in [9.17, 15) is 9.59 Å². The Morgan fingerprint density at radius 1 is 1.23 bits per heavy atom. The van der Waals surface area contributed by atoms with Crippen molar-refractivity contribution < 1.29 is 9.59 Å². The van der Waals surface area contributed by atoms with Crippen LogP contribution in [0, 0.1) is 6.92 Å². The summed E-state index contributed by atoms with van der Waals surface area (Å²) in [6.45, 7) is 3.72. The molecule has 6 nitrogen and oxygen atoms in total. The lowest BCUT2D eigenvalue weighted by molar-refractivity contribution is -0.131. The summed E-state index contributed by atoms with van der Waals surface area (Å²) < 4.78 is 1.96. The van der Waals surface area contributed by atoms with Gasteiger partial charge in [-0.2, -0.15) is 11.3 Å². The van der Waals surface area contributed by atoms with Gasteiger partial charge in [-0.15, -0.1) is 0 Å². The van der Waals surface area contributed by atoms with Gasteiger partial charge in [0, 0.05) is 51.0 Å². The average Bonchev–Trinajstić information content (AvgIpc) is 3.38. The van der Waals surface area contributed by atoms with Gasteiger partial charge in [0.1, 0.15) is 0 Å². The zero-order chi connectivity index (χ0) is 21.1. The maximum Gasteiger partial charge on any atom is 0.227 e. The summed E-state index contributed by atoms with van der Waals surface area (Å²) >= 11 is 1.60. The molecular formula is C23H26N4O2S. The Hall–Kier alpha value is -2.93. The predicted molar refractivity (Wildman–Crippen MR) is 117 cm³/mol. The molecule has 0 saturated heterocycles. The normalized spacial score (nSPS) is 13.2. The summed E-state index contributed by atoms with van der Waals surface area (Å²) in [4.78, 5) is 31.5. The van der Waals surface area contributed by atoms with Crippen molar-refractivity contribution in [1.29, 1.82) is 0 Å². The lowest BCUT2D eigenvalue weighted by atomic mass is 9.94. The van der Waals surface area contributed by atoms with E-state index in [1.807, 2.05) is 64.9 Å². The van der Waals surface area contributed by atoms with Crippen molar-refractivity contribution in [3.8, 4) is 0 Å². The molecule has 1 aliphatic heterocycles. The van der Waals surface area contributed by atoms with Gasteiger partial charge in [0.25, 0.3) is 0 Å². The van der Waals surface area contributed by atoms with E-state index >= 15 is 0 Å². The van der Waals surface area contributed by atoms with Gasteiger partial charge in [0.2, 0.25) is 11.8 Å². The molecule has 30 heavy (non-hydrogen) atoms. The minimum Gasteiger partial charge on any atom is -0.357 e. The van der Waals surface area contributed by atoms with Crippen molar-refractivity contribution in [1.82, 2.24) is 19.8 Å². The highest BCUT2D eigenvalue weighted by atomic mass is 32.1. The second-order valence-electron chi connectivity index (χ2n) is 7.84. The highest BCUT2D eigenvalue weighted by molar-refractivity contribution is 7.08. The minimum absolute atomic E-state index is 0.0147. The van der Waals surface area contributed by atoms with E-state index in [2.05, 4.69) is 10.3 Å². The number of carbonyl (C=O) groups excluding carboxylic acids is 2. The van der Waals surface area contributed by atoms with Crippen LogP contribution in [0.25, 0.3) is 0 Å². The Morgan fingerprint density at radius 2 is 2.10 bits per heavy atom. The first kappa shape index (κ1) is 20.3. The third-order valence-electron chi connectivity index (χ3n) is 5.60. The van der Waals surface area contributed by atoms with E-state index in [4.69, 9.17) is 0 Å². The fourth-order valence-corrected chi connectivity index (χ4v) is 4.62. The number of hydrogen-bond acceptors (Lipinski definition) is 4. The van der Waals surface area contributed by atoms with Crippen LogP contribution in [-0.2, 0) is 49.0 Å². The van der Waals surface area contributed by atoms with Crippen LogP contribution in [0.4, 0.5) is 0 Å². The van der Waals surface area contributed by atoms with E-state index in [1.54, 1.807) is 11.3 Å². The van der Waals surface area contributed by atoms with Crippen molar-refractivity contribution in [3.63, 3.8) is 0 Å². The molecule has 4 rings (SSSR count). The van der Waals surface area contributed by atoms with E-state index in [0.29, 0.717) is 32.5 Å². The summed E-state index contributed by atoms with van der Waals surface area (Å²) in [5, 5.41) is 7.02. The Labute approximate surface area is 180 Å². The summed E-state index contributed by atoms with van der Waals surface area (Å²) in [6, 6.07) is 3.96. The molecule has 1 aliphatic rings. The van der Waals surface area contributed by atoms with Crippen LogP contribution >= 0.6 is 11.3 Å². The molecule has 2 amide bonds. The lowest BCUT2D eigenvalue weighted by Crippen LogP contribution is -2.38. The highest BCUT2D eigenvalue weighted by Crippen LogP contribution is 2.24. The van der Waals surface area contributed by atoms with Crippen molar-refractivity contribution in [2.45, 2.75) is 39.3 Å². The van der Waals surface area contributed by atoms with Crippen LogP contribution in [0.3, 0.4) is 0 Å². The van der Waals surface area contributed by atoms with E-state index < -0.39 is 0 Å². The van der Waals surface area contributed by atoms with Crippen LogP contribution in [-0.4, -0.2) is 32.8 Å². The molecule has 0 aliphatic carbocycles. The molecule has 0 bridgehead atoms. The van der Waals surface area contributed by atoms with Gasteiger partial charge >= 0.3 is 0 Å². The number of aryl methyl sites for hydroxylation is 2. The second-order valence-corrected chi connectivity index (χ2v) is 8.62. The maximum atomic E-state index is 12.7. The third-order valence-corrected chi connectivity index (χ3v) is 6.34. The number of carbonyl (C=O) groups is 2. The van der Waals surface area contributed by atoms with Gasteiger partial charge in [-0.25, -0.2) is 0 Å². The van der Waals surface area contributed by atoms with Crippen molar-refractivity contribution >= 4 is 23.2 Å². The molecule has 1 N–H and O–H groups in total. The van der Waals surface area contributed by atoms with Crippen molar-refractivity contribution in [2.75, 3.05) is 6.54 Å². The van der Waals surface area contributed by atoms with E-state index in [1.165, 1.54) is 5.56 Å². The van der Waals surface area contributed by atoms with Gasteiger partial charge in [0.05, 0.1) is 12.8 Å². The molecule has 4 heterocycles. The molecule has 0 fully saturated rings. The summed E-state index contributed by atoms with van der Waals surface area (Å²) in [5.74, 6) is 0.152. The minimum atomic E-state index is 0.0147. The molecule has 156 valence electrons. The molecule has 0 spiro atoms. The fraction of sp³-hybridized carbons (Fsp3) is 0.348. The molecule has 3 aromatic rings. The molecule has 7 heteroatoms. The van der Waals surface area contributed by atoms with Gasteiger partial charge in [-0.3, -0.25) is 14.6 Å². The van der Waals surface area contributed by atoms with Crippen LogP contribution in [0.5, 0.6) is 0 Å². The van der Waals surface area contributed by atoms with Gasteiger partial charge in [0.15, 0.2) is 0 Å². The van der Waals surface area contributed by atoms with Gasteiger partial charge < -0.3 is 14.8 Å². The zero-order valence-electron chi connectivity index (χ0n) is 17.4. The third kappa shape index (κ3) is 4.62. The Balaban J connectivity index is 1.41. The van der Waals surface area contributed by atoms with Crippen molar-refractivity contribution in [3.05, 3.63) is 75.0 Å². The SMILES string of the molecule is Cc1ncc2c(c1CNC(=O)Cc1ccsc1)CCN(C(=O)Cc1ccn(C)c1)C2. The predicted octanol–water partition coefficient (Wildman–Crippen LogP) is 2.78. The highest BCUT2D eigenvalue weighted by Gasteiger charge is 2.24. The number of aromatic nitrogens is 2. The number of rotatable bonds is 6. The number of hydrogen-bond donors (Lipinski definition) is 1. The summed E-state index contributed by atoms with van der Waals surface area (Å²) in [5.41, 5.74) is 6.40. The standard InChI is InChI=1S/C23H26N4O2S/c1-16-21(12-25-22(28)9-18-5-8-30-15-18)20-4-7-27(14-19(20)11-24-16)23(29)10-17-3-6-26(2)13-17/h3,5-6,8,11,13,15H,4,7,9-10,12,14H2,1-2H3,(H,25,28). The number of amides is 2. The van der Waals surface area contributed by atoms with E-state index in [0.717, 1.165) is 34.4 Å². The molecule has 0 radical (unpaired) electrons. The largest absolute Gasteiger partial charge is 0.357 e. The number of thiophene rings is 1. The second kappa shape index (κ2) is 8.83. The molecular weight excluding hydrogens is 396 g/mol. The zero-order valence-corrected chi connectivity index (χ0v) is 18.2. The Kier molecular flexibility index (Phi) is 5.99. The fourth-order valence-electron chi connectivity index (χ4n) is 3.95. The topological polar surface area (TPSA) is 67.2 Å². The number of nitrogens with zero attached hydrogens (tertiary/aromatic N) is 3. The van der Waals surface area contributed by atoms with Crippen LogP contribution in [0.15, 0.2) is 41.5 Å². The maximum absolute atomic E-state index is 12.7. The average molecular weight is 423 g/mol. The molecule has 0 saturated carbocycles. The quantitative estimate of drug-likeness (QED) is 0.664. The number of nitrogens with one attached hydrogen (secondary N) is 1. The lowest BCUT2D eigenvalue weighted by Gasteiger charge is -2.30. The summed E-state index contributed by atoms with van der Waals surface area (Å²) in [6.07, 6.45) is 7.42. The van der Waals surface area contributed by atoms with Gasteiger partial charge in [-0.05, 0) is 64.1 Å². The Bertz CT molecular complexity index is 1060. The molecule has 0 aromatic carbocycles. The monoisotopic (exact) mass is 422 g/mol. The van der Waals surface area contributed by atoms with Crippen LogP contribution in [0.2, 0.25) is 0 Å². The van der Waals surface area contributed by atoms with Crippen molar-refractivity contribution in [2.24, 2.45) is 7.05 Å². The summed E-state index contributed by atoms with van der Waals surface area (Å²) in [7, 11) is 1.96. The molecule has 3 aromatic heterocycles. The first-order valence-electron chi connectivity index (χ1n) is 10.1. The first-order chi connectivity index (χ1) is 14.5. The smallest absolute Gasteiger partial charge is 0.227 e. The van der Waals surface area contributed by atoms with E-state index in [-0.39, 0.29) is 11.8 Å². The van der Waals surface area contributed by atoms with Crippen LogP contribution in [0.1, 0.15) is 33.5 Å². The first-order valence-corrected chi connectivity index (χ1v) is 11.1. The Morgan fingerprint density at radius 3 is 2.83 bits per heavy atom. The number of pyridine rings is 1. The number of fused-ring (bicyclic) bond motifs is 1. The van der Waals surface area contributed by atoms with Crippen LogP contribution < -0.4 is 5.32 Å². The molecule has 0 unspecified atom stereocenters. The van der Waals surface area contributed by atoms with Gasteiger partial charge in [-0.1, -0.05) is 0 Å².